The first-order chi connectivity index (χ1) is 5.89. The molecule has 0 unspecified atom stereocenters. The third kappa shape index (κ3) is 11.7. The first-order valence-electron chi connectivity index (χ1n) is 3.85. The Morgan fingerprint density at radius 2 is 1.67 bits per heavy atom. The van der Waals surface area contributed by atoms with E-state index in [0.717, 1.165) is 6.42 Å². The molecule has 0 atom stereocenters. The minimum Gasteiger partial charge on any atom is -1.00 e. The van der Waals surface area contributed by atoms with Gasteiger partial charge >= 0.3 is 21.7 Å². The van der Waals surface area contributed by atoms with Gasteiger partial charge in [-0.05, 0) is 12.1 Å². The monoisotopic (exact) mass is 277 g/mol. The van der Waals surface area contributed by atoms with Gasteiger partial charge in [0.2, 0.25) is 0 Å². The topological polar surface area (TPSA) is 20.2 Å². The van der Waals surface area contributed by atoms with Crippen molar-refractivity contribution in [3.05, 3.63) is 54.6 Å². The van der Waals surface area contributed by atoms with Crippen LogP contribution >= 0.6 is 0 Å². The number of aromatic hydroxyl groups is 1. The van der Waals surface area contributed by atoms with Crippen LogP contribution in [0.4, 0.5) is 0 Å². The summed E-state index contributed by atoms with van der Waals surface area (Å²) < 4.78 is 0. The molecular weight excluding hydrogens is 267 g/mol. The Morgan fingerprint density at radius 1 is 1.07 bits per heavy atom. The molecule has 79 valence electrons. The second-order valence-corrected chi connectivity index (χ2v) is 2.34. The van der Waals surface area contributed by atoms with Gasteiger partial charge < -0.3 is 29.9 Å². The molecule has 1 aromatic carbocycles. The molecule has 1 radical (unpaired) electrons. The third-order valence-corrected chi connectivity index (χ3v) is 1.34. The normalized spacial score (nSPS) is 9.87. The minimum absolute atomic E-state index is 0. The van der Waals surface area contributed by atoms with Crippen molar-refractivity contribution in [1.82, 2.24) is 0 Å². The van der Waals surface area contributed by atoms with Crippen molar-refractivity contribution in [2.45, 2.75) is 6.42 Å². The van der Waals surface area contributed by atoms with E-state index in [9.17, 15) is 0 Å². The maximum atomic E-state index is 8.63. The maximum absolute atomic E-state index is 8.63. The molecule has 0 aliphatic heterocycles. The molecule has 4 heteroatoms. The van der Waals surface area contributed by atoms with Crippen LogP contribution in [-0.2, 0) is 21.7 Å². The number of phenols is 1. The SMILES string of the molecule is Oc1ccccc1.[C-]1=CC=CC1.[Cl-].[Cl-].[Ti+3]. The van der Waals surface area contributed by atoms with Crippen LogP contribution < -0.4 is 24.8 Å². The number of para-hydroxylation sites is 1. The number of rotatable bonds is 0. The molecule has 0 amide bonds. The molecule has 0 spiro atoms. The van der Waals surface area contributed by atoms with Crippen LogP contribution in [0.2, 0.25) is 0 Å². The van der Waals surface area contributed by atoms with E-state index in [1.54, 1.807) is 24.3 Å². The number of hydrogen-bond donors (Lipinski definition) is 1. The van der Waals surface area contributed by atoms with Crippen molar-refractivity contribution in [2.24, 2.45) is 0 Å². The first kappa shape index (κ1) is 20.2. The largest absolute Gasteiger partial charge is 3.00 e. The Balaban J connectivity index is -0.000000165. The van der Waals surface area contributed by atoms with Crippen LogP contribution in [-0.4, -0.2) is 5.11 Å². The Kier molecular flexibility index (Phi) is 18.6. The van der Waals surface area contributed by atoms with Gasteiger partial charge in [-0.2, -0.15) is 6.08 Å². The molecule has 1 N–H and O–H groups in total. The number of hydrogen-bond acceptors (Lipinski definition) is 1. The Morgan fingerprint density at radius 3 is 1.87 bits per heavy atom. The molecule has 0 aromatic heterocycles. The van der Waals surface area contributed by atoms with Gasteiger partial charge in [0, 0.05) is 0 Å². The summed E-state index contributed by atoms with van der Waals surface area (Å²) in [5.74, 6) is 0.322. The summed E-state index contributed by atoms with van der Waals surface area (Å²) in [6, 6.07) is 8.71. The zero-order valence-corrected chi connectivity index (χ0v) is 11.1. The van der Waals surface area contributed by atoms with Gasteiger partial charge in [0.1, 0.15) is 5.75 Å². The summed E-state index contributed by atoms with van der Waals surface area (Å²) >= 11 is 0. The van der Waals surface area contributed by atoms with Crippen LogP contribution in [0, 0.1) is 6.08 Å². The first-order valence-corrected chi connectivity index (χ1v) is 3.85. The van der Waals surface area contributed by atoms with Gasteiger partial charge in [-0.1, -0.05) is 18.2 Å². The molecule has 0 saturated carbocycles. The molecule has 1 nitrogen and oxygen atoms in total. The average Bonchev–Trinajstić information content (AvgIpc) is 2.62. The summed E-state index contributed by atoms with van der Waals surface area (Å²) in [5, 5.41) is 8.63. The summed E-state index contributed by atoms with van der Waals surface area (Å²) in [5.41, 5.74) is 0. The quantitative estimate of drug-likeness (QED) is 0.389. The standard InChI is InChI=1S/C6H6O.C5H5.2ClH.Ti/c7-6-4-2-1-3-5-6;1-2-4-5-3-1;;;/h1-5,7H;1-3H,4H2;2*1H;/q;-1;;;+3/p-2. The molecule has 0 heterocycles. The van der Waals surface area contributed by atoms with E-state index in [4.69, 9.17) is 5.11 Å². The molecule has 0 saturated heterocycles. The number of phenolic OH excluding ortho intramolecular Hbond substituents is 1. The Labute approximate surface area is 118 Å². The fourth-order valence-electron chi connectivity index (χ4n) is 0.768. The number of halogens is 2. The van der Waals surface area contributed by atoms with Gasteiger partial charge in [-0.25, -0.2) is 12.2 Å². The molecule has 15 heavy (non-hydrogen) atoms. The molecular formula is C11H11Cl2OTi. The van der Waals surface area contributed by atoms with Gasteiger partial charge in [-0.15, -0.1) is 6.42 Å². The smallest absolute Gasteiger partial charge is 1.00 e. The molecule has 2 rings (SSSR count). The second kappa shape index (κ2) is 13.8. The van der Waals surface area contributed by atoms with Crippen molar-refractivity contribution >= 4 is 0 Å². The van der Waals surface area contributed by atoms with Crippen LogP contribution in [0.3, 0.4) is 0 Å². The van der Waals surface area contributed by atoms with Gasteiger partial charge in [-0.3, -0.25) is 6.08 Å². The van der Waals surface area contributed by atoms with Crippen LogP contribution in [0.1, 0.15) is 6.42 Å². The predicted molar refractivity (Wildman–Crippen MR) is 49.7 cm³/mol. The fourth-order valence-corrected chi connectivity index (χ4v) is 0.768. The van der Waals surface area contributed by atoms with Gasteiger partial charge in [0.25, 0.3) is 0 Å². The summed E-state index contributed by atoms with van der Waals surface area (Å²) in [4.78, 5) is 0. The van der Waals surface area contributed by atoms with Crippen molar-refractivity contribution in [2.75, 3.05) is 0 Å². The maximum Gasteiger partial charge on any atom is 3.00 e. The van der Waals surface area contributed by atoms with Crippen molar-refractivity contribution in [1.29, 1.82) is 0 Å². The Hall–Kier alpha value is -0.206. The zero-order valence-electron chi connectivity index (χ0n) is 8.03. The van der Waals surface area contributed by atoms with Crippen molar-refractivity contribution in [3.63, 3.8) is 0 Å². The summed E-state index contributed by atoms with van der Waals surface area (Å²) in [7, 11) is 0. The van der Waals surface area contributed by atoms with E-state index in [2.05, 4.69) is 12.2 Å². The molecule has 1 aromatic rings. The van der Waals surface area contributed by atoms with E-state index < -0.39 is 0 Å². The summed E-state index contributed by atoms with van der Waals surface area (Å²) in [6.45, 7) is 0. The predicted octanol–water partition coefficient (Wildman–Crippen LogP) is -3.30. The zero-order chi connectivity index (χ0) is 8.65. The third-order valence-electron chi connectivity index (χ3n) is 1.34. The number of allylic oxidation sites excluding steroid dienone is 4. The molecule has 0 bridgehead atoms. The van der Waals surface area contributed by atoms with Crippen LogP contribution in [0.5, 0.6) is 5.75 Å². The van der Waals surface area contributed by atoms with E-state index in [0.29, 0.717) is 5.75 Å². The van der Waals surface area contributed by atoms with E-state index >= 15 is 0 Å². The second-order valence-electron chi connectivity index (χ2n) is 2.34. The minimum atomic E-state index is 0. The summed E-state index contributed by atoms with van der Waals surface area (Å²) in [6.07, 6.45) is 10.0. The molecule has 1 aliphatic rings. The van der Waals surface area contributed by atoms with Gasteiger partial charge in [0.15, 0.2) is 0 Å². The molecule has 0 fully saturated rings. The van der Waals surface area contributed by atoms with E-state index in [1.165, 1.54) is 0 Å². The Bertz CT molecular complexity index is 263. The van der Waals surface area contributed by atoms with E-state index in [1.807, 2.05) is 18.2 Å². The van der Waals surface area contributed by atoms with E-state index in [-0.39, 0.29) is 46.5 Å². The van der Waals surface area contributed by atoms with Crippen LogP contribution in [0.25, 0.3) is 0 Å². The average molecular weight is 278 g/mol. The van der Waals surface area contributed by atoms with Gasteiger partial charge in [0.05, 0.1) is 0 Å². The van der Waals surface area contributed by atoms with Crippen LogP contribution in [0.15, 0.2) is 48.6 Å². The fraction of sp³-hybridized carbons (Fsp3) is 0.0909. The number of benzene rings is 1. The van der Waals surface area contributed by atoms with Crippen molar-refractivity contribution < 1.29 is 51.6 Å². The van der Waals surface area contributed by atoms with Crippen molar-refractivity contribution in [3.8, 4) is 5.75 Å². The molecule has 1 aliphatic carbocycles.